The summed E-state index contributed by atoms with van der Waals surface area (Å²) in [5.74, 6) is 0. The third-order valence-corrected chi connectivity index (χ3v) is 5.06. The molecule has 0 aromatic rings. The maximum absolute atomic E-state index is 6.28. The molecule has 3 unspecified atom stereocenters. The van der Waals surface area contributed by atoms with Gasteiger partial charge in [-0.05, 0) is 43.6 Å². The molecule has 2 fully saturated rings. The lowest BCUT2D eigenvalue weighted by Crippen LogP contribution is -2.45. The molecular weight excluding hydrogens is 264 g/mol. The Morgan fingerprint density at radius 1 is 1.19 bits per heavy atom. The van der Waals surface area contributed by atoms with Crippen molar-refractivity contribution in [1.82, 2.24) is 10.2 Å². The summed E-state index contributed by atoms with van der Waals surface area (Å²) in [6.45, 7) is 11.1. The van der Waals surface area contributed by atoms with Crippen molar-refractivity contribution in [3.05, 3.63) is 0 Å². The minimum atomic E-state index is 0.348. The first-order valence-corrected chi connectivity index (χ1v) is 8.37. The van der Waals surface area contributed by atoms with Crippen molar-refractivity contribution < 1.29 is 9.47 Å². The predicted molar refractivity (Wildman–Crippen MR) is 86.4 cm³/mol. The Morgan fingerprint density at radius 3 is 2.57 bits per heavy atom. The van der Waals surface area contributed by atoms with Crippen LogP contribution < -0.4 is 5.32 Å². The minimum Gasteiger partial charge on any atom is -0.380 e. The Morgan fingerprint density at radius 2 is 1.95 bits per heavy atom. The minimum absolute atomic E-state index is 0.348. The van der Waals surface area contributed by atoms with Crippen LogP contribution in [0, 0.1) is 10.8 Å². The van der Waals surface area contributed by atoms with Crippen molar-refractivity contribution in [2.75, 3.05) is 40.5 Å². The molecule has 1 saturated heterocycles. The largest absolute Gasteiger partial charge is 0.380 e. The standard InChI is InChI=1S/C17H34N2O2/c1-16(2)8-15(9-17(3,11-16)12-18-4)21-13-19-7-6-14(10-19)20-5/h14-15,18H,6-13H2,1-5H3. The zero-order chi connectivity index (χ0) is 15.5. The van der Waals surface area contributed by atoms with E-state index in [0.29, 0.717) is 23.0 Å². The van der Waals surface area contributed by atoms with E-state index in [1.54, 1.807) is 0 Å². The van der Waals surface area contributed by atoms with Crippen LogP contribution in [0.5, 0.6) is 0 Å². The lowest BCUT2D eigenvalue weighted by Gasteiger charge is -2.46. The molecule has 0 aromatic carbocycles. The summed E-state index contributed by atoms with van der Waals surface area (Å²) in [5.41, 5.74) is 0.718. The lowest BCUT2D eigenvalue weighted by molar-refractivity contribution is -0.0856. The monoisotopic (exact) mass is 298 g/mol. The summed E-state index contributed by atoms with van der Waals surface area (Å²) in [6.07, 6.45) is 5.52. The molecule has 124 valence electrons. The maximum atomic E-state index is 6.28. The van der Waals surface area contributed by atoms with Crippen LogP contribution in [0.3, 0.4) is 0 Å². The van der Waals surface area contributed by atoms with E-state index in [0.717, 1.165) is 32.8 Å². The van der Waals surface area contributed by atoms with Crippen LogP contribution in [0.2, 0.25) is 0 Å². The molecule has 21 heavy (non-hydrogen) atoms. The van der Waals surface area contributed by atoms with Gasteiger partial charge >= 0.3 is 0 Å². The third-order valence-electron chi connectivity index (χ3n) is 5.06. The van der Waals surface area contributed by atoms with Crippen molar-refractivity contribution in [3.63, 3.8) is 0 Å². The van der Waals surface area contributed by atoms with E-state index < -0.39 is 0 Å². The molecule has 0 radical (unpaired) electrons. The highest BCUT2D eigenvalue weighted by atomic mass is 16.5. The highest BCUT2D eigenvalue weighted by molar-refractivity contribution is 4.93. The predicted octanol–water partition coefficient (Wildman–Crippen LogP) is 2.49. The molecule has 4 nitrogen and oxygen atoms in total. The van der Waals surface area contributed by atoms with Crippen LogP contribution in [-0.2, 0) is 9.47 Å². The van der Waals surface area contributed by atoms with E-state index in [4.69, 9.17) is 9.47 Å². The molecule has 2 aliphatic rings. The van der Waals surface area contributed by atoms with Gasteiger partial charge in [0.15, 0.2) is 0 Å². The van der Waals surface area contributed by atoms with Gasteiger partial charge in [0, 0.05) is 26.7 Å². The number of ether oxygens (including phenoxy) is 2. The van der Waals surface area contributed by atoms with Gasteiger partial charge < -0.3 is 14.8 Å². The first-order chi connectivity index (χ1) is 9.86. The van der Waals surface area contributed by atoms with Gasteiger partial charge in [-0.25, -0.2) is 0 Å². The van der Waals surface area contributed by atoms with Gasteiger partial charge in [0.05, 0.1) is 18.9 Å². The Hall–Kier alpha value is -0.160. The maximum Gasteiger partial charge on any atom is 0.0994 e. The molecule has 1 heterocycles. The second kappa shape index (κ2) is 6.95. The zero-order valence-electron chi connectivity index (χ0n) is 14.6. The molecule has 0 spiro atoms. The molecule has 1 aliphatic heterocycles. The van der Waals surface area contributed by atoms with E-state index in [9.17, 15) is 0 Å². The average molecular weight is 298 g/mol. The van der Waals surface area contributed by atoms with Crippen molar-refractivity contribution in [1.29, 1.82) is 0 Å². The van der Waals surface area contributed by atoms with Crippen LogP contribution >= 0.6 is 0 Å². The van der Waals surface area contributed by atoms with E-state index >= 15 is 0 Å². The summed E-state index contributed by atoms with van der Waals surface area (Å²) < 4.78 is 11.7. The highest BCUT2D eigenvalue weighted by Gasteiger charge is 2.41. The second-order valence-corrected chi connectivity index (χ2v) is 8.23. The summed E-state index contributed by atoms with van der Waals surface area (Å²) >= 11 is 0. The zero-order valence-corrected chi connectivity index (χ0v) is 14.6. The Bertz CT molecular complexity index is 335. The van der Waals surface area contributed by atoms with Crippen LogP contribution in [0.1, 0.15) is 46.5 Å². The van der Waals surface area contributed by atoms with Crippen LogP contribution in [0.15, 0.2) is 0 Å². The van der Waals surface area contributed by atoms with Crippen molar-refractivity contribution in [2.45, 2.75) is 58.7 Å². The molecule has 0 aromatic heterocycles. The van der Waals surface area contributed by atoms with Gasteiger partial charge in [0.25, 0.3) is 0 Å². The smallest absolute Gasteiger partial charge is 0.0994 e. The average Bonchev–Trinajstić information content (AvgIpc) is 2.82. The van der Waals surface area contributed by atoms with Crippen LogP contribution in [0.25, 0.3) is 0 Å². The fraction of sp³-hybridized carbons (Fsp3) is 1.00. The number of nitrogens with one attached hydrogen (secondary N) is 1. The molecule has 1 N–H and O–H groups in total. The van der Waals surface area contributed by atoms with E-state index in [-0.39, 0.29) is 0 Å². The number of hydrogen-bond acceptors (Lipinski definition) is 4. The highest BCUT2D eigenvalue weighted by Crippen LogP contribution is 2.46. The quantitative estimate of drug-likeness (QED) is 0.817. The normalized spacial score (nSPS) is 37.0. The summed E-state index contributed by atoms with van der Waals surface area (Å²) in [5, 5.41) is 3.36. The lowest BCUT2D eigenvalue weighted by atomic mass is 9.63. The number of hydrogen-bond donors (Lipinski definition) is 1. The first kappa shape index (κ1) is 17.2. The fourth-order valence-corrected chi connectivity index (χ4v) is 4.53. The fourth-order valence-electron chi connectivity index (χ4n) is 4.53. The van der Waals surface area contributed by atoms with E-state index in [2.05, 4.69) is 38.0 Å². The van der Waals surface area contributed by atoms with Gasteiger partial charge in [-0.15, -0.1) is 0 Å². The van der Waals surface area contributed by atoms with E-state index in [1.807, 2.05) is 7.11 Å². The van der Waals surface area contributed by atoms with Gasteiger partial charge in [0.2, 0.25) is 0 Å². The van der Waals surface area contributed by atoms with Gasteiger partial charge in [-0.2, -0.15) is 0 Å². The Kier molecular flexibility index (Phi) is 5.69. The van der Waals surface area contributed by atoms with E-state index in [1.165, 1.54) is 19.3 Å². The molecule has 0 amide bonds. The molecule has 4 heteroatoms. The molecule has 3 atom stereocenters. The number of methoxy groups -OCH3 is 1. The summed E-state index contributed by atoms with van der Waals surface area (Å²) in [4.78, 5) is 2.38. The van der Waals surface area contributed by atoms with Crippen molar-refractivity contribution in [3.8, 4) is 0 Å². The second-order valence-electron chi connectivity index (χ2n) is 8.23. The molecule has 1 saturated carbocycles. The third kappa shape index (κ3) is 4.92. The van der Waals surface area contributed by atoms with Crippen molar-refractivity contribution >= 4 is 0 Å². The summed E-state index contributed by atoms with van der Waals surface area (Å²) in [6, 6.07) is 0. The Labute approximate surface area is 130 Å². The number of nitrogens with zero attached hydrogens (tertiary/aromatic N) is 1. The van der Waals surface area contributed by atoms with Gasteiger partial charge in [0.1, 0.15) is 0 Å². The molecular formula is C17H34N2O2. The van der Waals surface area contributed by atoms with Crippen LogP contribution in [-0.4, -0.2) is 57.6 Å². The molecule has 1 aliphatic carbocycles. The van der Waals surface area contributed by atoms with Crippen LogP contribution in [0.4, 0.5) is 0 Å². The number of likely N-dealkylation sites (tertiary alicyclic amines) is 1. The molecule has 2 rings (SSSR count). The topological polar surface area (TPSA) is 33.7 Å². The van der Waals surface area contributed by atoms with Gasteiger partial charge in [-0.1, -0.05) is 20.8 Å². The van der Waals surface area contributed by atoms with Crippen molar-refractivity contribution in [2.24, 2.45) is 10.8 Å². The molecule has 0 bridgehead atoms. The first-order valence-electron chi connectivity index (χ1n) is 8.37. The summed E-state index contributed by atoms with van der Waals surface area (Å²) in [7, 11) is 3.86. The SMILES string of the molecule is CNCC1(C)CC(OCN2CCC(OC)C2)CC(C)(C)C1. The Balaban J connectivity index is 1.84. The van der Waals surface area contributed by atoms with Gasteiger partial charge in [-0.3, -0.25) is 4.90 Å². The number of rotatable bonds is 6.